The number of aryl methyl sites for hydroxylation is 1. The van der Waals surface area contributed by atoms with Gasteiger partial charge >= 0.3 is 0 Å². The van der Waals surface area contributed by atoms with Gasteiger partial charge in [-0.3, -0.25) is 0 Å². The van der Waals surface area contributed by atoms with Crippen LogP contribution >= 0.6 is 0 Å². The fraction of sp³-hybridized carbons (Fsp3) is 0.562. The van der Waals surface area contributed by atoms with Crippen molar-refractivity contribution in [3.8, 4) is 0 Å². The average Bonchev–Trinajstić information content (AvgIpc) is 2.41. The van der Waals surface area contributed by atoms with E-state index in [0.29, 0.717) is 0 Å². The second kappa shape index (κ2) is 7.50. The molecule has 1 aliphatic rings. The molecule has 0 saturated carbocycles. The quantitative estimate of drug-likeness (QED) is 0.736. The molecule has 17 heavy (non-hydrogen) atoms. The van der Waals surface area contributed by atoms with E-state index in [1.54, 1.807) is 0 Å². The average molecular weight is 230 g/mol. The number of hydrogen-bond acceptors (Lipinski definition) is 1. The molecule has 1 atom stereocenters. The van der Waals surface area contributed by atoms with Gasteiger partial charge in [-0.15, -0.1) is 0 Å². The minimum Gasteiger partial charge on any atom is -0.316 e. The first kappa shape index (κ1) is 12.6. The standard InChI is InChI=1S/C16H24N/c1-3-7-15(8-4-1)9-5-2-6-10-16-11-13-17-14-12-16/h1,3-4,7-8,11,16-17H,2,5-6,9-10,12-14H2. The van der Waals surface area contributed by atoms with Crippen LogP contribution in [0.4, 0.5) is 0 Å². The summed E-state index contributed by atoms with van der Waals surface area (Å²) in [5, 5.41) is 3.38. The van der Waals surface area contributed by atoms with Gasteiger partial charge in [0.2, 0.25) is 0 Å². The van der Waals surface area contributed by atoms with E-state index >= 15 is 0 Å². The summed E-state index contributed by atoms with van der Waals surface area (Å²) >= 11 is 0. The van der Waals surface area contributed by atoms with Crippen molar-refractivity contribution in [1.29, 1.82) is 0 Å². The summed E-state index contributed by atoms with van der Waals surface area (Å²) in [4.78, 5) is 0. The van der Waals surface area contributed by atoms with E-state index < -0.39 is 0 Å². The van der Waals surface area contributed by atoms with Crippen LogP contribution in [0.2, 0.25) is 0 Å². The highest BCUT2D eigenvalue weighted by Gasteiger charge is 2.12. The molecule has 1 aromatic carbocycles. The Kier molecular flexibility index (Phi) is 5.57. The molecule has 0 aliphatic carbocycles. The lowest BCUT2D eigenvalue weighted by Crippen LogP contribution is -2.28. The molecule has 2 rings (SSSR count). The van der Waals surface area contributed by atoms with Gasteiger partial charge in [0.25, 0.3) is 0 Å². The zero-order valence-corrected chi connectivity index (χ0v) is 10.7. The lowest BCUT2D eigenvalue weighted by molar-refractivity contribution is 0.416. The maximum absolute atomic E-state index is 3.38. The number of rotatable bonds is 6. The number of hydrogen-bond donors (Lipinski definition) is 1. The highest BCUT2D eigenvalue weighted by molar-refractivity contribution is 5.14. The summed E-state index contributed by atoms with van der Waals surface area (Å²) in [6, 6.07) is 10.8. The molecular formula is C16H24N. The fourth-order valence-electron chi connectivity index (χ4n) is 2.58. The molecule has 1 saturated heterocycles. The van der Waals surface area contributed by atoms with Crippen molar-refractivity contribution in [3.63, 3.8) is 0 Å². The van der Waals surface area contributed by atoms with Crippen LogP contribution in [0, 0.1) is 12.3 Å². The highest BCUT2D eigenvalue weighted by atomic mass is 14.9. The fourth-order valence-corrected chi connectivity index (χ4v) is 2.58. The van der Waals surface area contributed by atoms with E-state index in [4.69, 9.17) is 0 Å². The minimum absolute atomic E-state index is 0.882. The molecule has 1 radical (unpaired) electrons. The molecule has 1 heterocycles. The van der Waals surface area contributed by atoms with Crippen LogP contribution in [0.5, 0.6) is 0 Å². The van der Waals surface area contributed by atoms with Crippen molar-refractivity contribution >= 4 is 0 Å². The number of piperidine rings is 1. The van der Waals surface area contributed by atoms with E-state index in [0.717, 1.165) is 12.5 Å². The summed E-state index contributed by atoms with van der Waals surface area (Å²) in [6.07, 6.45) is 10.6. The van der Waals surface area contributed by atoms with Crippen molar-refractivity contribution in [3.05, 3.63) is 42.3 Å². The molecule has 93 valence electrons. The minimum atomic E-state index is 0.882. The summed E-state index contributed by atoms with van der Waals surface area (Å²) in [7, 11) is 0. The zero-order chi connectivity index (χ0) is 11.8. The summed E-state index contributed by atoms with van der Waals surface area (Å²) < 4.78 is 0. The second-order valence-electron chi connectivity index (χ2n) is 5.07. The smallest absolute Gasteiger partial charge is 0.00146 e. The van der Waals surface area contributed by atoms with Gasteiger partial charge in [0.15, 0.2) is 0 Å². The van der Waals surface area contributed by atoms with Crippen LogP contribution in [0.1, 0.15) is 37.7 Å². The third kappa shape index (κ3) is 4.91. The first-order valence-electron chi connectivity index (χ1n) is 7.03. The molecule has 1 heteroatoms. The van der Waals surface area contributed by atoms with Gasteiger partial charge in [-0.25, -0.2) is 0 Å². The Hall–Kier alpha value is -0.820. The summed E-state index contributed by atoms with van der Waals surface area (Å²) in [6.45, 7) is 2.33. The van der Waals surface area contributed by atoms with E-state index in [1.807, 2.05) is 0 Å². The van der Waals surface area contributed by atoms with E-state index in [1.165, 1.54) is 50.6 Å². The predicted octanol–water partition coefficient (Wildman–Crippen LogP) is 3.60. The number of benzene rings is 1. The first-order chi connectivity index (χ1) is 8.45. The van der Waals surface area contributed by atoms with Crippen LogP contribution in [0.25, 0.3) is 0 Å². The monoisotopic (exact) mass is 230 g/mol. The van der Waals surface area contributed by atoms with Gasteiger partial charge in [0.05, 0.1) is 0 Å². The Morgan fingerprint density at radius 3 is 2.71 bits per heavy atom. The Labute approximate surface area is 106 Å². The van der Waals surface area contributed by atoms with Crippen molar-refractivity contribution in [1.82, 2.24) is 5.32 Å². The third-order valence-corrected chi connectivity index (χ3v) is 3.67. The Bertz CT molecular complexity index is 288. The van der Waals surface area contributed by atoms with Crippen LogP contribution in [-0.4, -0.2) is 13.1 Å². The zero-order valence-electron chi connectivity index (χ0n) is 10.7. The van der Waals surface area contributed by atoms with Gasteiger partial charge in [-0.05, 0) is 50.3 Å². The van der Waals surface area contributed by atoms with Crippen LogP contribution in [0.3, 0.4) is 0 Å². The van der Waals surface area contributed by atoms with Gasteiger partial charge in [0.1, 0.15) is 0 Å². The largest absolute Gasteiger partial charge is 0.316 e. The maximum Gasteiger partial charge on any atom is -0.00146 e. The highest BCUT2D eigenvalue weighted by Crippen LogP contribution is 2.18. The van der Waals surface area contributed by atoms with Crippen LogP contribution in [0.15, 0.2) is 30.3 Å². The summed E-state index contributed by atoms with van der Waals surface area (Å²) in [5.41, 5.74) is 1.49. The molecule has 0 bridgehead atoms. The van der Waals surface area contributed by atoms with E-state index in [2.05, 4.69) is 42.1 Å². The molecule has 0 spiro atoms. The SMILES string of the molecule is [CH]1CNCCC1CCCCCc1ccccc1. The van der Waals surface area contributed by atoms with E-state index in [-0.39, 0.29) is 0 Å². The molecule has 1 unspecified atom stereocenters. The molecule has 1 nitrogen and oxygen atoms in total. The van der Waals surface area contributed by atoms with Gasteiger partial charge in [-0.1, -0.05) is 49.6 Å². The lowest BCUT2D eigenvalue weighted by Gasteiger charge is -2.21. The van der Waals surface area contributed by atoms with Crippen molar-refractivity contribution < 1.29 is 0 Å². The van der Waals surface area contributed by atoms with Gasteiger partial charge < -0.3 is 5.32 Å². The topological polar surface area (TPSA) is 12.0 Å². The second-order valence-corrected chi connectivity index (χ2v) is 5.07. The molecule has 1 fully saturated rings. The number of nitrogens with one attached hydrogen (secondary N) is 1. The van der Waals surface area contributed by atoms with Crippen molar-refractivity contribution in [2.45, 2.75) is 38.5 Å². The molecule has 1 N–H and O–H groups in total. The van der Waals surface area contributed by atoms with Gasteiger partial charge in [-0.2, -0.15) is 0 Å². The maximum atomic E-state index is 3.38. The summed E-state index contributed by atoms with van der Waals surface area (Å²) in [5.74, 6) is 0.882. The normalized spacial score (nSPS) is 17.2. The predicted molar refractivity (Wildman–Crippen MR) is 73.9 cm³/mol. The van der Waals surface area contributed by atoms with Gasteiger partial charge in [0, 0.05) is 0 Å². The van der Waals surface area contributed by atoms with Crippen molar-refractivity contribution in [2.24, 2.45) is 5.92 Å². The van der Waals surface area contributed by atoms with E-state index in [9.17, 15) is 0 Å². The number of unbranched alkanes of at least 4 members (excludes halogenated alkanes) is 2. The third-order valence-electron chi connectivity index (χ3n) is 3.67. The molecule has 1 aliphatic heterocycles. The molecular weight excluding hydrogens is 206 g/mol. The first-order valence-corrected chi connectivity index (χ1v) is 7.03. The Balaban J connectivity index is 1.51. The molecule has 0 aromatic heterocycles. The molecule has 1 aromatic rings. The van der Waals surface area contributed by atoms with Crippen LogP contribution in [-0.2, 0) is 6.42 Å². The Morgan fingerprint density at radius 1 is 1.06 bits per heavy atom. The van der Waals surface area contributed by atoms with Crippen molar-refractivity contribution in [2.75, 3.05) is 13.1 Å². The van der Waals surface area contributed by atoms with Crippen LogP contribution < -0.4 is 5.32 Å². The lowest BCUT2D eigenvalue weighted by atomic mass is 9.92. The molecule has 0 amide bonds. The Morgan fingerprint density at radius 2 is 1.94 bits per heavy atom.